The van der Waals surface area contributed by atoms with Crippen molar-refractivity contribution in [3.8, 4) is 0 Å². The van der Waals surface area contributed by atoms with Crippen LogP contribution in [0, 0.1) is 12.8 Å². The summed E-state index contributed by atoms with van der Waals surface area (Å²) < 4.78 is 5.00. The SMILES string of the molecule is CN=C(NCc1noc(C)n1)NCC(c1cccs1)N1CCC(C)CC1. The van der Waals surface area contributed by atoms with Gasteiger partial charge in [0.05, 0.1) is 12.6 Å². The molecule has 0 amide bonds. The molecule has 0 radical (unpaired) electrons. The summed E-state index contributed by atoms with van der Waals surface area (Å²) >= 11 is 1.82. The zero-order chi connectivity index (χ0) is 18.4. The fourth-order valence-electron chi connectivity index (χ4n) is 3.22. The van der Waals surface area contributed by atoms with Crippen LogP contribution in [0.3, 0.4) is 0 Å². The lowest BCUT2D eigenvalue weighted by atomic mass is 9.97. The lowest BCUT2D eigenvalue weighted by molar-refractivity contribution is 0.140. The lowest BCUT2D eigenvalue weighted by Crippen LogP contribution is -2.44. The number of likely N-dealkylation sites (tertiary alicyclic amines) is 1. The molecular weight excluding hydrogens is 348 g/mol. The molecule has 1 aliphatic heterocycles. The molecule has 1 fully saturated rings. The number of nitrogens with zero attached hydrogens (tertiary/aromatic N) is 4. The van der Waals surface area contributed by atoms with Gasteiger partial charge in [-0.3, -0.25) is 9.89 Å². The summed E-state index contributed by atoms with van der Waals surface area (Å²) in [5, 5.41) is 12.8. The molecule has 0 spiro atoms. The molecule has 1 unspecified atom stereocenters. The van der Waals surface area contributed by atoms with E-state index in [1.165, 1.54) is 17.7 Å². The number of hydrogen-bond acceptors (Lipinski definition) is 6. The predicted octanol–water partition coefficient (Wildman–Crippen LogP) is 2.58. The first-order chi connectivity index (χ1) is 12.7. The van der Waals surface area contributed by atoms with Gasteiger partial charge in [-0.1, -0.05) is 18.1 Å². The average Bonchev–Trinajstić information content (AvgIpc) is 3.31. The molecule has 0 saturated carbocycles. The van der Waals surface area contributed by atoms with Crippen LogP contribution in [-0.2, 0) is 6.54 Å². The number of rotatable bonds is 6. The minimum Gasteiger partial charge on any atom is -0.354 e. The number of aromatic nitrogens is 2. The topological polar surface area (TPSA) is 78.6 Å². The van der Waals surface area contributed by atoms with Gasteiger partial charge in [-0.25, -0.2) is 0 Å². The van der Waals surface area contributed by atoms with Crippen molar-refractivity contribution in [2.24, 2.45) is 10.9 Å². The minimum atomic E-state index is 0.369. The van der Waals surface area contributed by atoms with Crippen LogP contribution in [0.5, 0.6) is 0 Å². The normalized spacial score (nSPS) is 18.0. The summed E-state index contributed by atoms with van der Waals surface area (Å²) in [7, 11) is 1.78. The van der Waals surface area contributed by atoms with Crippen LogP contribution >= 0.6 is 11.3 Å². The second-order valence-corrected chi connectivity index (χ2v) is 7.77. The fraction of sp³-hybridized carbons (Fsp3) is 0.611. The molecule has 26 heavy (non-hydrogen) atoms. The molecule has 3 rings (SSSR count). The first-order valence-electron chi connectivity index (χ1n) is 9.17. The predicted molar refractivity (Wildman–Crippen MR) is 104 cm³/mol. The number of hydrogen-bond donors (Lipinski definition) is 2. The smallest absolute Gasteiger partial charge is 0.223 e. The molecule has 0 bridgehead atoms. The Labute approximate surface area is 158 Å². The van der Waals surface area contributed by atoms with E-state index in [0.29, 0.717) is 24.3 Å². The van der Waals surface area contributed by atoms with Crippen LogP contribution in [0.4, 0.5) is 0 Å². The number of nitrogens with one attached hydrogen (secondary N) is 2. The van der Waals surface area contributed by atoms with Gasteiger partial charge in [0.25, 0.3) is 0 Å². The van der Waals surface area contributed by atoms with E-state index in [1.54, 1.807) is 14.0 Å². The molecule has 2 N–H and O–H groups in total. The monoisotopic (exact) mass is 376 g/mol. The van der Waals surface area contributed by atoms with E-state index in [9.17, 15) is 0 Å². The number of piperidine rings is 1. The van der Waals surface area contributed by atoms with Gasteiger partial charge in [-0.15, -0.1) is 11.3 Å². The Morgan fingerprint density at radius 3 is 2.85 bits per heavy atom. The maximum absolute atomic E-state index is 5.00. The quantitative estimate of drug-likeness (QED) is 0.596. The Morgan fingerprint density at radius 2 is 2.23 bits per heavy atom. The summed E-state index contributed by atoms with van der Waals surface area (Å²) in [6.07, 6.45) is 2.54. The average molecular weight is 377 g/mol. The van der Waals surface area contributed by atoms with Gasteiger partial charge in [0.15, 0.2) is 11.8 Å². The van der Waals surface area contributed by atoms with E-state index in [-0.39, 0.29) is 0 Å². The molecule has 0 aliphatic carbocycles. The number of thiophene rings is 1. The van der Waals surface area contributed by atoms with Gasteiger partial charge in [-0.05, 0) is 43.3 Å². The summed E-state index contributed by atoms with van der Waals surface area (Å²) in [4.78, 5) is 12.5. The van der Waals surface area contributed by atoms with Crippen LogP contribution in [0.25, 0.3) is 0 Å². The van der Waals surface area contributed by atoms with Gasteiger partial charge in [0.1, 0.15) is 0 Å². The van der Waals surface area contributed by atoms with Crippen molar-refractivity contribution in [2.45, 2.75) is 39.3 Å². The second kappa shape index (κ2) is 9.14. The van der Waals surface area contributed by atoms with Crippen LogP contribution < -0.4 is 10.6 Å². The third-order valence-electron chi connectivity index (χ3n) is 4.80. The Hall–Kier alpha value is -1.93. The Bertz CT molecular complexity index is 690. The van der Waals surface area contributed by atoms with Crippen molar-refractivity contribution >= 4 is 17.3 Å². The Kier molecular flexibility index (Phi) is 6.62. The standard InChI is InChI=1S/C18H28N6OS/c1-13-6-8-24(9-7-13)15(16-5-4-10-26-16)11-20-18(19-3)21-12-17-22-14(2)25-23-17/h4-5,10,13,15H,6-9,11-12H2,1-3H3,(H2,19,20,21). The lowest BCUT2D eigenvalue weighted by Gasteiger charge is -2.36. The van der Waals surface area contributed by atoms with Gasteiger partial charge < -0.3 is 15.2 Å². The van der Waals surface area contributed by atoms with Crippen LogP contribution in [0.2, 0.25) is 0 Å². The van der Waals surface area contributed by atoms with E-state index >= 15 is 0 Å². The first-order valence-corrected chi connectivity index (χ1v) is 10.0. The summed E-state index contributed by atoms with van der Waals surface area (Å²) in [5.41, 5.74) is 0. The molecule has 1 saturated heterocycles. The Morgan fingerprint density at radius 1 is 1.42 bits per heavy atom. The van der Waals surface area contributed by atoms with E-state index < -0.39 is 0 Å². The number of aryl methyl sites for hydroxylation is 1. The third-order valence-corrected chi connectivity index (χ3v) is 5.77. The van der Waals surface area contributed by atoms with Crippen molar-refractivity contribution in [1.29, 1.82) is 0 Å². The summed E-state index contributed by atoms with van der Waals surface area (Å²) in [5.74, 6) is 2.78. The van der Waals surface area contributed by atoms with Crippen molar-refractivity contribution in [3.05, 3.63) is 34.1 Å². The van der Waals surface area contributed by atoms with E-state index in [2.05, 4.69) is 55.1 Å². The van der Waals surface area contributed by atoms with Crippen LogP contribution in [-0.4, -0.2) is 47.7 Å². The van der Waals surface area contributed by atoms with Gasteiger partial charge >= 0.3 is 0 Å². The highest BCUT2D eigenvalue weighted by atomic mass is 32.1. The van der Waals surface area contributed by atoms with Crippen molar-refractivity contribution < 1.29 is 4.52 Å². The molecule has 7 nitrogen and oxygen atoms in total. The highest BCUT2D eigenvalue weighted by Gasteiger charge is 2.25. The highest BCUT2D eigenvalue weighted by molar-refractivity contribution is 7.10. The van der Waals surface area contributed by atoms with Gasteiger partial charge in [0, 0.05) is 25.4 Å². The summed E-state index contributed by atoms with van der Waals surface area (Å²) in [6, 6.07) is 4.73. The van der Waals surface area contributed by atoms with Gasteiger partial charge in [-0.2, -0.15) is 4.98 Å². The zero-order valence-electron chi connectivity index (χ0n) is 15.7. The van der Waals surface area contributed by atoms with Gasteiger partial charge in [0.2, 0.25) is 5.89 Å². The molecular formula is C18H28N6OS. The number of guanidine groups is 1. The minimum absolute atomic E-state index is 0.369. The maximum atomic E-state index is 5.00. The molecule has 8 heteroatoms. The molecule has 2 aromatic rings. The summed E-state index contributed by atoms with van der Waals surface area (Å²) in [6.45, 7) is 7.75. The second-order valence-electron chi connectivity index (χ2n) is 6.79. The van der Waals surface area contributed by atoms with Crippen LogP contribution in [0.1, 0.15) is 42.4 Å². The molecule has 142 valence electrons. The highest BCUT2D eigenvalue weighted by Crippen LogP contribution is 2.28. The van der Waals surface area contributed by atoms with E-state index in [0.717, 1.165) is 31.5 Å². The van der Waals surface area contributed by atoms with Crippen LogP contribution in [0.15, 0.2) is 27.0 Å². The fourth-order valence-corrected chi connectivity index (χ4v) is 4.08. The molecule has 1 atom stereocenters. The van der Waals surface area contributed by atoms with E-state index in [1.807, 2.05) is 11.3 Å². The van der Waals surface area contributed by atoms with Crippen molar-refractivity contribution in [2.75, 3.05) is 26.7 Å². The molecule has 2 aromatic heterocycles. The molecule has 3 heterocycles. The van der Waals surface area contributed by atoms with Crippen molar-refractivity contribution in [1.82, 2.24) is 25.7 Å². The molecule has 0 aromatic carbocycles. The first kappa shape index (κ1) is 18.8. The van der Waals surface area contributed by atoms with E-state index in [4.69, 9.17) is 4.52 Å². The number of aliphatic imine (C=N–C) groups is 1. The third kappa shape index (κ3) is 5.04. The zero-order valence-corrected chi connectivity index (χ0v) is 16.6. The maximum Gasteiger partial charge on any atom is 0.223 e. The largest absolute Gasteiger partial charge is 0.354 e. The molecule has 1 aliphatic rings. The Balaban J connectivity index is 1.57. The van der Waals surface area contributed by atoms with Crippen molar-refractivity contribution in [3.63, 3.8) is 0 Å².